The number of sulfone groups is 1. The quantitative estimate of drug-likeness (QED) is 0.844. The first kappa shape index (κ1) is 12.1. The highest BCUT2D eigenvalue weighted by atomic mass is 32.2. The van der Waals surface area contributed by atoms with Gasteiger partial charge in [0.2, 0.25) is 0 Å². The minimum atomic E-state index is -3.37. The van der Waals surface area contributed by atoms with Gasteiger partial charge in [0.15, 0.2) is 9.84 Å². The van der Waals surface area contributed by atoms with E-state index in [1.54, 1.807) is 0 Å². The number of hydrogen-bond donors (Lipinski definition) is 1. The molecule has 0 unspecified atom stereocenters. The molecule has 5 heteroatoms. The van der Waals surface area contributed by atoms with Crippen molar-refractivity contribution < 1.29 is 12.8 Å². The third-order valence-corrected chi connectivity index (χ3v) is 3.29. The van der Waals surface area contributed by atoms with Crippen LogP contribution in [-0.2, 0) is 16.3 Å². The Kier molecular flexibility index (Phi) is 3.82. The van der Waals surface area contributed by atoms with Crippen molar-refractivity contribution in [1.29, 1.82) is 0 Å². The van der Waals surface area contributed by atoms with E-state index in [9.17, 15) is 12.8 Å². The second-order valence-corrected chi connectivity index (χ2v) is 5.37. The largest absolute Gasteiger partial charge is 0.330 e. The second kappa shape index (κ2) is 4.72. The van der Waals surface area contributed by atoms with Gasteiger partial charge >= 0.3 is 0 Å². The summed E-state index contributed by atoms with van der Waals surface area (Å²) in [6.07, 6.45) is 2.00. The summed E-state index contributed by atoms with van der Waals surface area (Å²) in [5.41, 5.74) is 5.55. The van der Waals surface area contributed by atoms with E-state index in [2.05, 4.69) is 0 Å². The molecule has 15 heavy (non-hydrogen) atoms. The van der Waals surface area contributed by atoms with Crippen LogP contribution in [0.1, 0.15) is 12.0 Å². The maximum absolute atomic E-state index is 13.4. The van der Waals surface area contributed by atoms with E-state index in [0.717, 1.165) is 6.26 Å². The van der Waals surface area contributed by atoms with E-state index < -0.39 is 15.7 Å². The lowest BCUT2D eigenvalue weighted by molar-refractivity contribution is 0.582. The molecule has 0 bridgehead atoms. The average molecular weight is 231 g/mol. The first-order valence-corrected chi connectivity index (χ1v) is 6.53. The van der Waals surface area contributed by atoms with Crippen molar-refractivity contribution in [3.8, 4) is 0 Å². The zero-order chi connectivity index (χ0) is 11.5. The van der Waals surface area contributed by atoms with Crippen LogP contribution < -0.4 is 5.73 Å². The minimum absolute atomic E-state index is 0.0657. The van der Waals surface area contributed by atoms with E-state index in [1.165, 1.54) is 18.2 Å². The van der Waals surface area contributed by atoms with Crippen LogP contribution in [0.4, 0.5) is 4.39 Å². The van der Waals surface area contributed by atoms with Crippen molar-refractivity contribution in [3.63, 3.8) is 0 Å². The third kappa shape index (κ3) is 3.00. The summed E-state index contributed by atoms with van der Waals surface area (Å²) in [5.74, 6) is -0.480. The van der Waals surface area contributed by atoms with Gasteiger partial charge in [0.25, 0.3) is 0 Å². The van der Waals surface area contributed by atoms with Crippen LogP contribution in [0.5, 0.6) is 0 Å². The standard InChI is InChI=1S/C10H14FNO2S/c1-15(13,14)10-6-2-5-9(11)8(10)4-3-7-12/h2,5-6H,3-4,7,12H2,1H3. The Bertz CT molecular complexity index is 443. The van der Waals surface area contributed by atoms with Gasteiger partial charge in [-0.15, -0.1) is 0 Å². The normalized spacial score (nSPS) is 11.7. The van der Waals surface area contributed by atoms with Gasteiger partial charge in [0.05, 0.1) is 4.90 Å². The highest BCUT2D eigenvalue weighted by Gasteiger charge is 2.15. The van der Waals surface area contributed by atoms with Gasteiger partial charge in [-0.25, -0.2) is 12.8 Å². The van der Waals surface area contributed by atoms with Gasteiger partial charge < -0.3 is 5.73 Å². The smallest absolute Gasteiger partial charge is 0.175 e. The lowest BCUT2D eigenvalue weighted by atomic mass is 10.1. The summed E-state index contributed by atoms with van der Waals surface area (Å²) >= 11 is 0. The van der Waals surface area contributed by atoms with Gasteiger partial charge in [0, 0.05) is 11.8 Å². The SMILES string of the molecule is CS(=O)(=O)c1cccc(F)c1CCCN. The Morgan fingerprint density at radius 1 is 1.40 bits per heavy atom. The Labute approximate surface area is 89.0 Å². The van der Waals surface area contributed by atoms with Crippen molar-refractivity contribution in [2.75, 3.05) is 12.8 Å². The molecule has 0 saturated carbocycles. The van der Waals surface area contributed by atoms with Gasteiger partial charge in [0.1, 0.15) is 5.82 Å². The van der Waals surface area contributed by atoms with E-state index in [4.69, 9.17) is 5.73 Å². The number of halogens is 1. The van der Waals surface area contributed by atoms with Gasteiger partial charge in [-0.2, -0.15) is 0 Å². The highest BCUT2D eigenvalue weighted by molar-refractivity contribution is 7.90. The molecule has 0 amide bonds. The summed E-state index contributed by atoms with van der Waals surface area (Å²) in [6, 6.07) is 4.09. The Morgan fingerprint density at radius 2 is 2.07 bits per heavy atom. The maximum Gasteiger partial charge on any atom is 0.175 e. The highest BCUT2D eigenvalue weighted by Crippen LogP contribution is 2.20. The molecular weight excluding hydrogens is 217 g/mol. The first-order valence-electron chi connectivity index (χ1n) is 4.64. The summed E-state index contributed by atoms with van der Waals surface area (Å²) in [4.78, 5) is 0.0657. The van der Waals surface area contributed by atoms with E-state index in [-0.39, 0.29) is 10.5 Å². The molecule has 0 heterocycles. The number of rotatable bonds is 4. The fraction of sp³-hybridized carbons (Fsp3) is 0.400. The van der Waals surface area contributed by atoms with Crippen LogP contribution in [0.3, 0.4) is 0 Å². The van der Waals surface area contributed by atoms with Crippen molar-refractivity contribution in [2.24, 2.45) is 5.73 Å². The monoisotopic (exact) mass is 231 g/mol. The van der Waals surface area contributed by atoms with Crippen molar-refractivity contribution >= 4 is 9.84 Å². The molecule has 0 fully saturated rings. The molecule has 0 aliphatic heterocycles. The Morgan fingerprint density at radius 3 is 2.60 bits per heavy atom. The maximum atomic E-state index is 13.4. The molecule has 3 nitrogen and oxygen atoms in total. The van der Waals surface area contributed by atoms with Crippen molar-refractivity contribution in [1.82, 2.24) is 0 Å². The molecule has 0 atom stereocenters. The van der Waals surface area contributed by atoms with E-state index >= 15 is 0 Å². The van der Waals surface area contributed by atoms with Crippen LogP contribution in [0.2, 0.25) is 0 Å². The van der Waals surface area contributed by atoms with E-state index in [1.807, 2.05) is 0 Å². The fourth-order valence-electron chi connectivity index (χ4n) is 1.41. The summed E-state index contributed by atoms with van der Waals surface area (Å²) < 4.78 is 36.1. The van der Waals surface area contributed by atoms with Crippen molar-refractivity contribution in [2.45, 2.75) is 17.7 Å². The molecule has 1 rings (SSSR count). The van der Waals surface area contributed by atoms with Crippen LogP contribution in [0.15, 0.2) is 23.1 Å². The van der Waals surface area contributed by atoms with Gasteiger partial charge in [-0.1, -0.05) is 6.07 Å². The molecule has 1 aromatic rings. The third-order valence-electron chi connectivity index (χ3n) is 2.11. The second-order valence-electron chi connectivity index (χ2n) is 3.38. The first-order chi connectivity index (χ1) is 6.96. The molecule has 0 aliphatic carbocycles. The molecule has 0 aromatic heterocycles. The molecule has 0 saturated heterocycles. The predicted molar refractivity (Wildman–Crippen MR) is 56.9 cm³/mol. The Balaban J connectivity index is 3.21. The summed E-state index contributed by atoms with van der Waals surface area (Å²) in [7, 11) is -3.37. The molecule has 0 aliphatic rings. The van der Waals surface area contributed by atoms with Gasteiger partial charge in [-0.05, 0) is 31.5 Å². The topological polar surface area (TPSA) is 60.2 Å². The number of benzene rings is 1. The fourth-order valence-corrected chi connectivity index (χ4v) is 2.38. The lowest BCUT2D eigenvalue weighted by Gasteiger charge is -2.08. The van der Waals surface area contributed by atoms with Crippen molar-refractivity contribution in [3.05, 3.63) is 29.6 Å². The minimum Gasteiger partial charge on any atom is -0.330 e. The van der Waals surface area contributed by atoms with Crippen LogP contribution >= 0.6 is 0 Å². The lowest BCUT2D eigenvalue weighted by Crippen LogP contribution is -2.07. The summed E-state index contributed by atoms with van der Waals surface area (Å²) in [6.45, 7) is 0.414. The number of hydrogen-bond acceptors (Lipinski definition) is 3. The molecular formula is C10H14FNO2S. The molecule has 2 N–H and O–H groups in total. The molecule has 0 radical (unpaired) electrons. The van der Waals surface area contributed by atoms with Crippen LogP contribution in [0, 0.1) is 5.82 Å². The average Bonchev–Trinajstić information content (AvgIpc) is 2.14. The van der Waals surface area contributed by atoms with Crippen LogP contribution in [0.25, 0.3) is 0 Å². The molecule has 84 valence electrons. The predicted octanol–water partition coefficient (Wildman–Crippen LogP) is 1.12. The van der Waals surface area contributed by atoms with E-state index in [0.29, 0.717) is 19.4 Å². The van der Waals surface area contributed by atoms with Crippen LogP contribution in [-0.4, -0.2) is 21.2 Å². The Hall–Kier alpha value is -0.940. The molecule has 0 spiro atoms. The number of nitrogens with two attached hydrogens (primary N) is 1. The zero-order valence-corrected chi connectivity index (χ0v) is 9.35. The summed E-state index contributed by atoms with van der Waals surface area (Å²) in [5, 5.41) is 0. The zero-order valence-electron chi connectivity index (χ0n) is 8.53. The van der Waals surface area contributed by atoms with Gasteiger partial charge in [-0.3, -0.25) is 0 Å². The molecule has 1 aromatic carbocycles.